The number of piperidine rings is 1. The van der Waals surface area contributed by atoms with Crippen LogP contribution in [0.4, 0.5) is 5.69 Å². The van der Waals surface area contributed by atoms with E-state index in [4.69, 9.17) is 10.8 Å². The molecule has 0 saturated carbocycles. The molecular formula is C13H18N2O4S. The van der Waals surface area contributed by atoms with E-state index >= 15 is 0 Å². The van der Waals surface area contributed by atoms with Crippen LogP contribution in [0.5, 0.6) is 0 Å². The molecule has 1 aromatic rings. The van der Waals surface area contributed by atoms with E-state index in [1.54, 1.807) is 0 Å². The Hall–Kier alpha value is -1.60. The van der Waals surface area contributed by atoms with Gasteiger partial charge in [0.15, 0.2) is 0 Å². The first-order valence-corrected chi connectivity index (χ1v) is 7.83. The van der Waals surface area contributed by atoms with Gasteiger partial charge in [-0.2, -0.15) is 4.31 Å². The third-order valence-corrected chi connectivity index (χ3v) is 5.34. The zero-order chi connectivity index (χ0) is 14.9. The molecule has 0 bridgehead atoms. The number of aliphatic carboxylic acids is 1. The van der Waals surface area contributed by atoms with Gasteiger partial charge >= 0.3 is 5.97 Å². The standard InChI is InChI=1S/C13H18N2O4S/c1-9-6-10(13(16)17)8-15(7-9)20(18,19)12-4-2-11(14)3-5-12/h2-5,9-10H,6-8,14H2,1H3,(H,16,17). The summed E-state index contributed by atoms with van der Waals surface area (Å²) in [5.41, 5.74) is 6.03. The molecule has 2 rings (SSSR count). The Morgan fingerprint density at radius 2 is 1.90 bits per heavy atom. The highest BCUT2D eigenvalue weighted by atomic mass is 32.2. The highest BCUT2D eigenvalue weighted by Gasteiger charge is 2.36. The van der Waals surface area contributed by atoms with Crippen molar-refractivity contribution in [2.24, 2.45) is 11.8 Å². The Kier molecular flexibility index (Phi) is 4.01. The Morgan fingerprint density at radius 1 is 1.30 bits per heavy atom. The molecule has 1 aromatic carbocycles. The summed E-state index contributed by atoms with van der Waals surface area (Å²) in [7, 11) is -3.66. The van der Waals surface area contributed by atoms with Crippen LogP contribution in [-0.4, -0.2) is 36.9 Å². The quantitative estimate of drug-likeness (QED) is 0.811. The fraction of sp³-hybridized carbons (Fsp3) is 0.462. The summed E-state index contributed by atoms with van der Waals surface area (Å²) in [4.78, 5) is 11.3. The monoisotopic (exact) mass is 298 g/mol. The van der Waals surface area contributed by atoms with Gasteiger partial charge in [0.25, 0.3) is 0 Å². The molecule has 0 radical (unpaired) electrons. The zero-order valence-corrected chi connectivity index (χ0v) is 12.0. The SMILES string of the molecule is CC1CC(C(=O)O)CN(S(=O)(=O)c2ccc(N)cc2)C1. The molecule has 0 spiro atoms. The summed E-state index contributed by atoms with van der Waals surface area (Å²) in [5.74, 6) is -1.58. The number of nitrogens with two attached hydrogens (primary N) is 1. The third kappa shape index (κ3) is 2.94. The molecule has 20 heavy (non-hydrogen) atoms. The largest absolute Gasteiger partial charge is 0.481 e. The second kappa shape index (κ2) is 5.41. The summed E-state index contributed by atoms with van der Waals surface area (Å²) in [6.07, 6.45) is 0.503. The maximum absolute atomic E-state index is 12.5. The molecule has 3 N–H and O–H groups in total. The Labute approximate surface area is 118 Å². The van der Waals surface area contributed by atoms with Crippen LogP contribution < -0.4 is 5.73 Å². The average molecular weight is 298 g/mol. The summed E-state index contributed by atoms with van der Waals surface area (Å²) < 4.78 is 26.3. The van der Waals surface area contributed by atoms with Crippen LogP contribution in [0.2, 0.25) is 0 Å². The van der Waals surface area contributed by atoms with E-state index in [2.05, 4.69) is 0 Å². The maximum Gasteiger partial charge on any atom is 0.307 e. The molecular weight excluding hydrogens is 280 g/mol. The number of carboxylic acids is 1. The van der Waals surface area contributed by atoms with Gasteiger partial charge in [-0.3, -0.25) is 4.79 Å². The number of hydrogen-bond donors (Lipinski definition) is 2. The first-order chi connectivity index (χ1) is 9.30. The van der Waals surface area contributed by atoms with E-state index in [9.17, 15) is 13.2 Å². The highest BCUT2D eigenvalue weighted by molar-refractivity contribution is 7.89. The van der Waals surface area contributed by atoms with Crippen LogP contribution in [0, 0.1) is 11.8 Å². The second-order valence-electron chi connectivity index (χ2n) is 5.27. The lowest BCUT2D eigenvalue weighted by molar-refractivity contribution is -0.143. The lowest BCUT2D eigenvalue weighted by Gasteiger charge is -2.33. The van der Waals surface area contributed by atoms with Gasteiger partial charge in [0, 0.05) is 18.8 Å². The molecule has 1 saturated heterocycles. The molecule has 110 valence electrons. The number of anilines is 1. The van der Waals surface area contributed by atoms with Gasteiger partial charge < -0.3 is 10.8 Å². The molecule has 1 aliphatic heterocycles. The molecule has 0 aromatic heterocycles. The number of carbonyl (C=O) groups is 1. The lowest BCUT2D eigenvalue weighted by atomic mass is 9.92. The first-order valence-electron chi connectivity index (χ1n) is 6.39. The minimum absolute atomic E-state index is 0.0202. The predicted octanol–water partition coefficient (Wildman–Crippen LogP) is 1.00. The fourth-order valence-corrected chi connectivity index (χ4v) is 4.07. The van der Waals surface area contributed by atoms with Crippen molar-refractivity contribution in [1.82, 2.24) is 4.31 Å². The Morgan fingerprint density at radius 3 is 2.45 bits per heavy atom. The van der Waals surface area contributed by atoms with Crippen LogP contribution in [0.25, 0.3) is 0 Å². The molecule has 1 heterocycles. The molecule has 7 heteroatoms. The normalized spacial score (nSPS) is 24.4. The van der Waals surface area contributed by atoms with Crippen molar-refractivity contribution in [2.75, 3.05) is 18.8 Å². The van der Waals surface area contributed by atoms with Gasteiger partial charge in [-0.05, 0) is 36.6 Å². The van der Waals surface area contributed by atoms with E-state index in [-0.39, 0.29) is 17.4 Å². The number of hydrogen-bond acceptors (Lipinski definition) is 4. The van der Waals surface area contributed by atoms with Crippen molar-refractivity contribution in [3.8, 4) is 0 Å². The number of nitrogen functional groups attached to an aromatic ring is 1. The second-order valence-corrected chi connectivity index (χ2v) is 7.21. The van der Waals surface area contributed by atoms with Gasteiger partial charge in [-0.25, -0.2) is 8.42 Å². The van der Waals surface area contributed by atoms with Crippen LogP contribution in [0.1, 0.15) is 13.3 Å². The van der Waals surface area contributed by atoms with Crippen molar-refractivity contribution in [2.45, 2.75) is 18.2 Å². The van der Waals surface area contributed by atoms with Gasteiger partial charge in [0.1, 0.15) is 0 Å². The summed E-state index contributed by atoms with van der Waals surface area (Å²) in [6.45, 7) is 2.23. The number of carboxylic acid groups (broad SMARTS) is 1. The number of rotatable bonds is 3. The minimum Gasteiger partial charge on any atom is -0.481 e. The molecule has 2 unspecified atom stereocenters. The molecule has 6 nitrogen and oxygen atoms in total. The number of sulfonamides is 1. The lowest BCUT2D eigenvalue weighted by Crippen LogP contribution is -2.45. The molecule has 0 amide bonds. The molecule has 0 aliphatic carbocycles. The van der Waals surface area contributed by atoms with Gasteiger partial charge in [0.05, 0.1) is 10.8 Å². The van der Waals surface area contributed by atoms with E-state index in [0.29, 0.717) is 18.7 Å². The first kappa shape index (κ1) is 14.8. The predicted molar refractivity (Wildman–Crippen MR) is 74.5 cm³/mol. The summed E-state index contributed by atoms with van der Waals surface area (Å²) in [6, 6.07) is 5.93. The Bertz CT molecular complexity index is 597. The molecule has 1 fully saturated rings. The fourth-order valence-electron chi connectivity index (χ4n) is 2.47. The molecule has 2 atom stereocenters. The van der Waals surface area contributed by atoms with Crippen LogP contribution in [0.3, 0.4) is 0 Å². The van der Waals surface area contributed by atoms with E-state index < -0.39 is 21.9 Å². The highest BCUT2D eigenvalue weighted by Crippen LogP contribution is 2.27. The maximum atomic E-state index is 12.5. The topological polar surface area (TPSA) is 101 Å². The van der Waals surface area contributed by atoms with Crippen LogP contribution in [0.15, 0.2) is 29.2 Å². The number of nitrogens with zero attached hydrogens (tertiary/aromatic N) is 1. The van der Waals surface area contributed by atoms with E-state index in [1.807, 2.05) is 6.92 Å². The van der Waals surface area contributed by atoms with Crippen molar-refractivity contribution in [3.63, 3.8) is 0 Å². The summed E-state index contributed by atoms with van der Waals surface area (Å²) >= 11 is 0. The van der Waals surface area contributed by atoms with Crippen molar-refractivity contribution >= 4 is 21.7 Å². The van der Waals surface area contributed by atoms with Crippen molar-refractivity contribution in [3.05, 3.63) is 24.3 Å². The van der Waals surface area contributed by atoms with Gasteiger partial charge in [-0.1, -0.05) is 6.92 Å². The van der Waals surface area contributed by atoms with Crippen LogP contribution >= 0.6 is 0 Å². The third-order valence-electron chi connectivity index (χ3n) is 3.49. The van der Waals surface area contributed by atoms with Crippen molar-refractivity contribution in [1.29, 1.82) is 0 Å². The minimum atomic E-state index is -3.66. The zero-order valence-electron chi connectivity index (χ0n) is 11.2. The van der Waals surface area contributed by atoms with E-state index in [0.717, 1.165) is 0 Å². The molecule has 1 aliphatic rings. The van der Waals surface area contributed by atoms with E-state index in [1.165, 1.54) is 28.6 Å². The van der Waals surface area contributed by atoms with Crippen molar-refractivity contribution < 1.29 is 18.3 Å². The Balaban J connectivity index is 2.28. The number of benzene rings is 1. The van der Waals surface area contributed by atoms with Gasteiger partial charge in [-0.15, -0.1) is 0 Å². The average Bonchev–Trinajstić information content (AvgIpc) is 2.38. The van der Waals surface area contributed by atoms with Gasteiger partial charge in [0.2, 0.25) is 10.0 Å². The summed E-state index contributed by atoms with van der Waals surface area (Å²) in [5, 5.41) is 9.11. The smallest absolute Gasteiger partial charge is 0.307 e. The van der Waals surface area contributed by atoms with Crippen LogP contribution in [-0.2, 0) is 14.8 Å².